The minimum atomic E-state index is -0.461. The van der Waals surface area contributed by atoms with Gasteiger partial charge in [-0.1, -0.05) is 11.6 Å². The largest absolute Gasteiger partial charge is 0.465 e. The number of hydrogen-bond acceptors (Lipinski definition) is 6. The van der Waals surface area contributed by atoms with E-state index in [1.165, 1.54) is 13.3 Å². The number of hydrogen-bond donors (Lipinski definition) is 1. The molecule has 0 fully saturated rings. The van der Waals surface area contributed by atoms with Crippen molar-refractivity contribution >= 4 is 23.3 Å². The van der Waals surface area contributed by atoms with Gasteiger partial charge in [0.05, 0.1) is 36.9 Å². The van der Waals surface area contributed by atoms with Crippen LogP contribution in [0.1, 0.15) is 17.3 Å². The monoisotopic (exact) mass is 351 g/mol. The summed E-state index contributed by atoms with van der Waals surface area (Å²) in [4.78, 5) is 23.8. The molecule has 0 bridgehead atoms. The minimum absolute atomic E-state index is 0.0242. The molecule has 8 heteroatoms. The fourth-order valence-corrected chi connectivity index (χ4v) is 2.31. The van der Waals surface area contributed by atoms with Crippen molar-refractivity contribution < 1.29 is 14.3 Å². The Bertz CT molecular complexity index is 774. The van der Waals surface area contributed by atoms with Gasteiger partial charge in [-0.3, -0.25) is 4.79 Å². The lowest BCUT2D eigenvalue weighted by molar-refractivity contribution is 0.0600. The van der Waals surface area contributed by atoms with Gasteiger partial charge in [0.2, 0.25) is 0 Å². The number of halogens is 1. The summed E-state index contributed by atoms with van der Waals surface area (Å²) in [6.07, 6.45) is 1.48. The number of anilines is 1. The third kappa shape index (κ3) is 3.93. The molecule has 128 valence electrons. The van der Waals surface area contributed by atoms with E-state index in [1.54, 1.807) is 31.4 Å². The smallest absolute Gasteiger partial charge is 0.337 e. The minimum Gasteiger partial charge on any atom is -0.465 e. The maximum absolute atomic E-state index is 12.4. The predicted octanol–water partition coefficient (Wildman–Crippen LogP) is 2.12. The molecule has 1 atom stereocenters. The zero-order chi connectivity index (χ0) is 17.7. The van der Waals surface area contributed by atoms with E-state index in [4.69, 9.17) is 16.3 Å². The SMILES string of the molecule is COC[C@H](C)Nc1cnn(-c2ccc(C(=O)OC)cc2)c(=O)c1Cl. The van der Waals surface area contributed by atoms with Crippen LogP contribution in [0.3, 0.4) is 0 Å². The maximum atomic E-state index is 12.4. The molecule has 1 aromatic carbocycles. The molecule has 0 radical (unpaired) electrons. The van der Waals surface area contributed by atoms with Gasteiger partial charge in [-0.05, 0) is 31.2 Å². The van der Waals surface area contributed by atoms with E-state index in [-0.39, 0.29) is 11.1 Å². The third-order valence-electron chi connectivity index (χ3n) is 3.27. The van der Waals surface area contributed by atoms with E-state index in [9.17, 15) is 9.59 Å². The van der Waals surface area contributed by atoms with Gasteiger partial charge >= 0.3 is 5.97 Å². The topological polar surface area (TPSA) is 82.4 Å². The second-order valence-corrected chi connectivity index (χ2v) is 5.51. The van der Waals surface area contributed by atoms with Gasteiger partial charge in [-0.25, -0.2) is 4.79 Å². The summed E-state index contributed by atoms with van der Waals surface area (Å²) in [5, 5.41) is 7.22. The lowest BCUT2D eigenvalue weighted by Crippen LogP contribution is -2.26. The van der Waals surface area contributed by atoms with Crippen LogP contribution in [-0.2, 0) is 9.47 Å². The molecular formula is C16H18ClN3O4. The highest BCUT2D eigenvalue weighted by Crippen LogP contribution is 2.18. The number of nitrogens with zero attached hydrogens (tertiary/aromatic N) is 2. The number of ether oxygens (including phenoxy) is 2. The number of esters is 1. The van der Waals surface area contributed by atoms with Crippen LogP contribution in [-0.4, -0.2) is 42.6 Å². The van der Waals surface area contributed by atoms with Crippen LogP contribution in [0.5, 0.6) is 0 Å². The molecule has 0 unspecified atom stereocenters. The molecule has 7 nitrogen and oxygen atoms in total. The summed E-state index contributed by atoms with van der Waals surface area (Å²) in [5.74, 6) is -0.452. The van der Waals surface area contributed by atoms with Gasteiger partial charge in [0.25, 0.3) is 5.56 Å². The highest BCUT2D eigenvalue weighted by atomic mass is 35.5. The van der Waals surface area contributed by atoms with Gasteiger partial charge in [0.15, 0.2) is 0 Å². The zero-order valence-electron chi connectivity index (χ0n) is 13.6. The van der Waals surface area contributed by atoms with Gasteiger partial charge in [0.1, 0.15) is 5.02 Å². The van der Waals surface area contributed by atoms with E-state index >= 15 is 0 Å². The molecule has 1 N–H and O–H groups in total. The highest BCUT2D eigenvalue weighted by molar-refractivity contribution is 6.32. The van der Waals surface area contributed by atoms with E-state index < -0.39 is 11.5 Å². The van der Waals surface area contributed by atoms with E-state index in [2.05, 4.69) is 15.2 Å². The van der Waals surface area contributed by atoms with Crippen LogP contribution >= 0.6 is 11.6 Å². The first-order valence-corrected chi connectivity index (χ1v) is 7.57. The Hall–Kier alpha value is -2.38. The summed E-state index contributed by atoms with van der Waals surface area (Å²) in [5.41, 5.74) is 0.851. The number of methoxy groups -OCH3 is 2. The van der Waals surface area contributed by atoms with Crippen molar-refractivity contribution in [2.75, 3.05) is 26.1 Å². The van der Waals surface area contributed by atoms with Crippen molar-refractivity contribution in [2.24, 2.45) is 0 Å². The van der Waals surface area contributed by atoms with Crippen molar-refractivity contribution in [1.29, 1.82) is 0 Å². The van der Waals surface area contributed by atoms with Gasteiger partial charge in [-0.15, -0.1) is 0 Å². The summed E-state index contributed by atoms with van der Waals surface area (Å²) in [7, 11) is 2.90. The first kappa shape index (κ1) is 18.0. The second-order valence-electron chi connectivity index (χ2n) is 5.13. The summed E-state index contributed by atoms with van der Waals surface area (Å²) in [6, 6.07) is 6.27. The average Bonchev–Trinajstić information content (AvgIpc) is 2.59. The first-order chi connectivity index (χ1) is 11.5. The van der Waals surface area contributed by atoms with Crippen molar-refractivity contribution in [1.82, 2.24) is 9.78 Å². The normalized spacial score (nSPS) is 11.8. The number of carbonyl (C=O) groups is 1. The van der Waals surface area contributed by atoms with Crippen molar-refractivity contribution in [3.05, 3.63) is 51.4 Å². The van der Waals surface area contributed by atoms with E-state index in [0.29, 0.717) is 23.5 Å². The van der Waals surface area contributed by atoms with Crippen molar-refractivity contribution in [3.8, 4) is 5.69 Å². The Labute approximate surface area is 144 Å². The molecular weight excluding hydrogens is 334 g/mol. The van der Waals surface area contributed by atoms with E-state index in [1.807, 2.05) is 6.92 Å². The van der Waals surface area contributed by atoms with Crippen molar-refractivity contribution in [2.45, 2.75) is 13.0 Å². The van der Waals surface area contributed by atoms with Crippen LogP contribution in [0.25, 0.3) is 5.69 Å². The molecule has 24 heavy (non-hydrogen) atoms. The lowest BCUT2D eigenvalue weighted by atomic mass is 10.2. The fraction of sp³-hybridized carbons (Fsp3) is 0.312. The molecule has 0 spiro atoms. The average molecular weight is 352 g/mol. The maximum Gasteiger partial charge on any atom is 0.337 e. The standard InChI is InChI=1S/C16H18ClN3O4/c1-10(9-23-2)19-13-8-18-20(15(21)14(13)17)12-6-4-11(5-7-12)16(22)24-3/h4-8,10,19H,9H2,1-3H3/t10-/m0/s1. The number of nitrogens with one attached hydrogen (secondary N) is 1. The molecule has 2 aromatic rings. The molecule has 2 rings (SSSR count). The van der Waals surface area contributed by atoms with E-state index in [0.717, 1.165) is 4.68 Å². The third-order valence-corrected chi connectivity index (χ3v) is 3.64. The Morgan fingerprint density at radius 3 is 2.58 bits per heavy atom. The van der Waals surface area contributed by atoms with Gasteiger partial charge in [-0.2, -0.15) is 9.78 Å². The Morgan fingerprint density at radius 2 is 2.00 bits per heavy atom. The van der Waals surface area contributed by atoms with Gasteiger partial charge in [0, 0.05) is 13.2 Å². The quantitative estimate of drug-likeness (QED) is 0.803. The number of benzene rings is 1. The lowest BCUT2D eigenvalue weighted by Gasteiger charge is -2.15. The Kier molecular flexibility index (Phi) is 5.94. The van der Waals surface area contributed by atoms with Crippen molar-refractivity contribution in [3.63, 3.8) is 0 Å². The molecule has 0 aliphatic rings. The molecule has 1 heterocycles. The predicted molar refractivity (Wildman–Crippen MR) is 91.1 cm³/mol. The number of aromatic nitrogens is 2. The van der Waals surface area contributed by atoms with Crippen LogP contribution < -0.4 is 10.9 Å². The first-order valence-electron chi connectivity index (χ1n) is 7.20. The molecule has 0 saturated heterocycles. The Balaban J connectivity index is 2.30. The van der Waals surface area contributed by atoms with Crippen LogP contribution in [0.4, 0.5) is 5.69 Å². The Morgan fingerprint density at radius 1 is 1.33 bits per heavy atom. The molecule has 1 aromatic heterocycles. The molecule has 0 amide bonds. The molecule has 0 saturated carbocycles. The number of rotatable bonds is 6. The van der Waals surface area contributed by atoms with Crippen LogP contribution in [0.15, 0.2) is 35.3 Å². The number of carbonyl (C=O) groups excluding carboxylic acids is 1. The summed E-state index contributed by atoms with van der Waals surface area (Å²) in [6.45, 7) is 2.37. The fourth-order valence-electron chi connectivity index (χ4n) is 2.13. The summed E-state index contributed by atoms with van der Waals surface area (Å²) >= 11 is 6.15. The zero-order valence-corrected chi connectivity index (χ0v) is 14.3. The van der Waals surface area contributed by atoms with Crippen LogP contribution in [0.2, 0.25) is 5.02 Å². The molecule has 0 aliphatic carbocycles. The highest BCUT2D eigenvalue weighted by Gasteiger charge is 2.13. The molecule has 0 aliphatic heterocycles. The van der Waals surface area contributed by atoms with Crippen LogP contribution in [0, 0.1) is 0 Å². The second kappa shape index (κ2) is 7.94. The van der Waals surface area contributed by atoms with Gasteiger partial charge < -0.3 is 14.8 Å². The summed E-state index contributed by atoms with van der Waals surface area (Å²) < 4.78 is 10.8.